The molecule has 0 aromatic carbocycles. The van der Waals surface area contributed by atoms with Gasteiger partial charge in [0.1, 0.15) is 0 Å². The Hall–Kier alpha value is -0.0600. The van der Waals surface area contributed by atoms with Crippen LogP contribution >= 0.6 is 0 Å². The number of hydrogen-bond donors (Lipinski definition) is 1. The summed E-state index contributed by atoms with van der Waals surface area (Å²) in [5, 5.41) is 18.4. The van der Waals surface area contributed by atoms with Crippen LogP contribution in [0.15, 0.2) is 0 Å². The van der Waals surface area contributed by atoms with Crippen LogP contribution in [-0.2, 0) is 9.59 Å². The quantitative estimate of drug-likeness (QED) is 0.361. The summed E-state index contributed by atoms with van der Waals surface area (Å²) in [5.74, 6) is -1.74. The third kappa shape index (κ3) is 16.6. The number of carboxylic acids is 2. The Balaban J connectivity index is 0. The molecule has 0 rings (SSSR count). The molecule has 0 spiro atoms. The molecule has 0 saturated heterocycles. The van der Waals surface area contributed by atoms with E-state index < -0.39 is 11.9 Å². The van der Waals surface area contributed by atoms with E-state index in [0.717, 1.165) is 32.1 Å². The largest absolute Gasteiger partial charge is 1.00 e. The van der Waals surface area contributed by atoms with Gasteiger partial charge >= 0.3 is 35.5 Å². The first-order valence-corrected chi connectivity index (χ1v) is 5.04. The fraction of sp³-hybridized carbons (Fsp3) is 0.800. The predicted molar refractivity (Wildman–Crippen MR) is 49.6 cm³/mol. The summed E-state index contributed by atoms with van der Waals surface area (Å²) >= 11 is 0. The molecule has 4 nitrogen and oxygen atoms in total. The van der Waals surface area contributed by atoms with E-state index in [1.165, 1.54) is 0 Å². The number of aliphatic carboxylic acids is 2. The Kier molecular flexibility index (Phi) is 13.9. The Morgan fingerprint density at radius 1 is 0.867 bits per heavy atom. The zero-order valence-electron chi connectivity index (χ0n) is 9.33. The normalized spacial score (nSPS) is 9.33. The number of carbonyl (C=O) groups excluding carboxylic acids is 1. The molecule has 1 N–H and O–H groups in total. The van der Waals surface area contributed by atoms with Crippen molar-refractivity contribution < 1.29 is 49.4 Å². The van der Waals surface area contributed by atoms with Gasteiger partial charge in [-0.3, -0.25) is 4.79 Å². The van der Waals surface area contributed by atoms with E-state index in [1.54, 1.807) is 0 Å². The molecular weight excluding hydrogens is 207 g/mol. The fourth-order valence-electron chi connectivity index (χ4n) is 1.25. The summed E-state index contributed by atoms with van der Waals surface area (Å²) in [5.41, 5.74) is 0. The summed E-state index contributed by atoms with van der Waals surface area (Å²) in [4.78, 5) is 20.2. The van der Waals surface area contributed by atoms with Gasteiger partial charge in [0, 0.05) is 12.4 Å². The van der Waals surface area contributed by atoms with E-state index in [9.17, 15) is 14.7 Å². The molecule has 0 unspecified atom stereocenters. The van der Waals surface area contributed by atoms with E-state index in [1.807, 2.05) is 0 Å². The number of hydrogen-bond acceptors (Lipinski definition) is 3. The summed E-state index contributed by atoms with van der Waals surface area (Å²) in [6.07, 6.45) is 5.52. The molecule has 15 heavy (non-hydrogen) atoms. The topological polar surface area (TPSA) is 77.4 Å². The molecule has 0 bridgehead atoms. The van der Waals surface area contributed by atoms with Crippen LogP contribution in [0.5, 0.6) is 0 Å². The smallest absolute Gasteiger partial charge is 0.550 e. The second-order valence-corrected chi connectivity index (χ2v) is 3.39. The van der Waals surface area contributed by atoms with Crippen molar-refractivity contribution >= 4 is 11.9 Å². The van der Waals surface area contributed by atoms with Crippen molar-refractivity contribution in [1.82, 2.24) is 0 Å². The van der Waals surface area contributed by atoms with Crippen LogP contribution in [0, 0.1) is 0 Å². The predicted octanol–water partition coefficient (Wildman–Crippen LogP) is -2.05. The Morgan fingerprint density at radius 3 is 1.67 bits per heavy atom. The molecule has 0 aliphatic heterocycles. The maximum Gasteiger partial charge on any atom is 1.00 e. The van der Waals surface area contributed by atoms with Crippen LogP contribution in [0.2, 0.25) is 0 Å². The summed E-state index contributed by atoms with van der Waals surface area (Å²) in [6, 6.07) is 0. The van der Waals surface area contributed by atoms with Crippen LogP contribution < -0.4 is 34.7 Å². The van der Waals surface area contributed by atoms with Crippen LogP contribution in [0.1, 0.15) is 51.4 Å². The molecule has 0 aliphatic rings. The molecule has 0 fully saturated rings. The van der Waals surface area contributed by atoms with Crippen molar-refractivity contribution in [2.45, 2.75) is 51.4 Å². The van der Waals surface area contributed by atoms with Crippen molar-refractivity contribution in [3.05, 3.63) is 0 Å². The van der Waals surface area contributed by atoms with E-state index in [2.05, 4.69) is 0 Å². The van der Waals surface area contributed by atoms with Gasteiger partial charge in [0.15, 0.2) is 0 Å². The number of carboxylic acid groups (broad SMARTS) is 2. The minimum Gasteiger partial charge on any atom is -0.550 e. The first kappa shape index (κ1) is 17.3. The molecular formula is C10H17NaO4. The molecule has 0 saturated carbocycles. The maximum absolute atomic E-state index is 10.1. The SMILES string of the molecule is O=C([O-])CCCCCCCCC(=O)O.[Na+]. The molecule has 82 valence electrons. The average Bonchev–Trinajstić information content (AvgIpc) is 2.08. The average molecular weight is 224 g/mol. The van der Waals surface area contributed by atoms with Crippen LogP contribution in [0.4, 0.5) is 0 Å². The van der Waals surface area contributed by atoms with Gasteiger partial charge in [-0.2, -0.15) is 0 Å². The second kappa shape index (κ2) is 12.0. The third-order valence-corrected chi connectivity index (χ3v) is 2.02. The van der Waals surface area contributed by atoms with E-state index >= 15 is 0 Å². The summed E-state index contributed by atoms with van der Waals surface area (Å²) < 4.78 is 0. The molecule has 0 aliphatic carbocycles. The second-order valence-electron chi connectivity index (χ2n) is 3.39. The molecule has 0 atom stereocenters. The molecule has 0 amide bonds. The Labute approximate surface area is 112 Å². The van der Waals surface area contributed by atoms with Crippen molar-refractivity contribution in [3.8, 4) is 0 Å². The fourth-order valence-corrected chi connectivity index (χ4v) is 1.25. The van der Waals surface area contributed by atoms with E-state index in [0.29, 0.717) is 6.42 Å². The van der Waals surface area contributed by atoms with Crippen molar-refractivity contribution in [2.24, 2.45) is 0 Å². The van der Waals surface area contributed by atoms with Crippen LogP contribution in [0.25, 0.3) is 0 Å². The van der Waals surface area contributed by atoms with Gasteiger partial charge in [-0.1, -0.05) is 25.7 Å². The first-order chi connectivity index (χ1) is 6.63. The Morgan fingerprint density at radius 2 is 1.27 bits per heavy atom. The molecule has 0 heterocycles. The molecule has 0 aromatic rings. The van der Waals surface area contributed by atoms with Crippen molar-refractivity contribution in [3.63, 3.8) is 0 Å². The molecule has 5 heteroatoms. The Bertz CT molecular complexity index is 162. The zero-order chi connectivity index (χ0) is 10.8. The summed E-state index contributed by atoms with van der Waals surface area (Å²) in [6.45, 7) is 0. The molecule has 0 radical (unpaired) electrons. The monoisotopic (exact) mass is 224 g/mol. The van der Waals surface area contributed by atoms with Gasteiger partial charge in [0.05, 0.1) is 0 Å². The van der Waals surface area contributed by atoms with E-state index in [4.69, 9.17) is 5.11 Å². The third-order valence-electron chi connectivity index (χ3n) is 2.02. The van der Waals surface area contributed by atoms with Gasteiger partial charge in [0.25, 0.3) is 0 Å². The standard InChI is InChI=1S/C10H18O4.Na/c11-9(12)7-5-3-1-2-4-6-8-10(13)14;/h1-8H2,(H,11,12)(H,13,14);/q;+1/p-1. The van der Waals surface area contributed by atoms with Crippen LogP contribution in [-0.4, -0.2) is 17.0 Å². The number of carbonyl (C=O) groups is 2. The van der Waals surface area contributed by atoms with Gasteiger partial charge in [-0.15, -0.1) is 0 Å². The van der Waals surface area contributed by atoms with Gasteiger partial charge < -0.3 is 15.0 Å². The van der Waals surface area contributed by atoms with Crippen LogP contribution in [0.3, 0.4) is 0 Å². The summed E-state index contributed by atoms with van der Waals surface area (Å²) in [7, 11) is 0. The minimum absolute atomic E-state index is 0. The maximum atomic E-state index is 10.1. The van der Waals surface area contributed by atoms with Gasteiger partial charge in [-0.25, -0.2) is 0 Å². The van der Waals surface area contributed by atoms with Crippen molar-refractivity contribution in [2.75, 3.05) is 0 Å². The molecule has 0 aromatic heterocycles. The first-order valence-electron chi connectivity index (χ1n) is 5.04. The number of unbranched alkanes of at least 4 members (excludes halogenated alkanes) is 5. The number of rotatable bonds is 9. The van der Waals surface area contributed by atoms with Gasteiger partial charge in [-0.05, 0) is 19.3 Å². The minimum atomic E-state index is -0.990. The van der Waals surface area contributed by atoms with E-state index in [-0.39, 0.29) is 42.4 Å². The van der Waals surface area contributed by atoms with Crippen molar-refractivity contribution in [1.29, 1.82) is 0 Å². The van der Waals surface area contributed by atoms with Gasteiger partial charge in [0.2, 0.25) is 0 Å². The zero-order valence-corrected chi connectivity index (χ0v) is 11.3.